The quantitative estimate of drug-likeness (QED) is 0.559. The number of aryl methyl sites for hydroxylation is 2. The van der Waals surface area contributed by atoms with Crippen molar-refractivity contribution in [2.24, 2.45) is 0 Å². The van der Waals surface area contributed by atoms with Gasteiger partial charge in [-0.2, -0.15) is 5.26 Å². The van der Waals surface area contributed by atoms with Crippen molar-refractivity contribution >= 4 is 5.97 Å². The Balaban J connectivity index is 1.65. The molecule has 0 spiro atoms. The number of carbonyl (C=O) groups is 1. The largest absolute Gasteiger partial charge is 0.493 e. The summed E-state index contributed by atoms with van der Waals surface area (Å²) in [6.45, 7) is 4.06. The highest BCUT2D eigenvalue weighted by Gasteiger charge is 2.15. The molecule has 0 radical (unpaired) electrons. The fraction of sp³-hybridized carbons (Fsp3) is 0.227. The van der Waals surface area contributed by atoms with E-state index in [-0.39, 0.29) is 13.2 Å². The van der Waals surface area contributed by atoms with Crippen LogP contribution in [0.3, 0.4) is 0 Å². The Kier molecular flexibility index (Phi) is 6.15. The summed E-state index contributed by atoms with van der Waals surface area (Å²) >= 11 is 0. The maximum atomic E-state index is 12.4. The summed E-state index contributed by atoms with van der Waals surface area (Å²) < 4.78 is 21.6. The van der Waals surface area contributed by atoms with E-state index in [1.54, 1.807) is 42.5 Å². The maximum absolute atomic E-state index is 12.4. The first-order chi connectivity index (χ1) is 14.0. The molecular weight excluding hydrogens is 372 g/mol. The third-order valence-corrected chi connectivity index (χ3v) is 4.41. The van der Waals surface area contributed by atoms with Crippen LogP contribution in [0.25, 0.3) is 0 Å². The molecule has 0 amide bonds. The van der Waals surface area contributed by atoms with Crippen molar-refractivity contribution in [2.75, 3.05) is 7.11 Å². The third-order valence-electron chi connectivity index (χ3n) is 4.41. The van der Waals surface area contributed by atoms with Crippen LogP contribution in [-0.2, 0) is 18.0 Å². The minimum Gasteiger partial charge on any atom is -0.493 e. The molecule has 148 valence electrons. The Morgan fingerprint density at radius 1 is 1.10 bits per heavy atom. The van der Waals surface area contributed by atoms with Gasteiger partial charge in [0, 0.05) is 0 Å². The molecule has 0 aliphatic carbocycles. The van der Waals surface area contributed by atoms with Crippen molar-refractivity contribution in [3.63, 3.8) is 0 Å². The number of nitrogens with zero attached hydrogens (tertiary/aromatic N) is 2. The summed E-state index contributed by atoms with van der Waals surface area (Å²) in [4.78, 5) is 12.4. The number of benzene rings is 2. The molecular formula is C22H20N2O5. The topological polar surface area (TPSA) is 94.6 Å². The standard InChI is InChI=1S/C22H20N2O5/c1-14-19(15(2)29-24-14)13-27-20-9-8-18(10-21(20)26-3)22(25)28-12-17-6-4-16(11-23)5-7-17/h4-10H,12-13H2,1-3H3. The number of hydrogen-bond donors (Lipinski definition) is 0. The molecule has 0 saturated carbocycles. The van der Waals surface area contributed by atoms with E-state index in [1.807, 2.05) is 19.9 Å². The van der Waals surface area contributed by atoms with Crippen LogP contribution in [0.1, 0.15) is 38.5 Å². The first kappa shape index (κ1) is 20.0. The number of esters is 1. The zero-order chi connectivity index (χ0) is 20.8. The second kappa shape index (κ2) is 8.93. The Labute approximate surface area is 168 Å². The van der Waals surface area contributed by atoms with Gasteiger partial charge >= 0.3 is 5.97 Å². The van der Waals surface area contributed by atoms with Crippen LogP contribution in [0.2, 0.25) is 0 Å². The van der Waals surface area contributed by atoms with E-state index >= 15 is 0 Å². The minimum atomic E-state index is -0.482. The molecule has 0 aliphatic rings. The normalized spacial score (nSPS) is 10.3. The Hall–Kier alpha value is -3.79. The van der Waals surface area contributed by atoms with Gasteiger partial charge in [-0.1, -0.05) is 17.3 Å². The van der Waals surface area contributed by atoms with Crippen LogP contribution in [0.5, 0.6) is 11.5 Å². The fourth-order valence-corrected chi connectivity index (χ4v) is 2.68. The van der Waals surface area contributed by atoms with E-state index < -0.39 is 5.97 Å². The van der Waals surface area contributed by atoms with E-state index in [1.165, 1.54) is 7.11 Å². The molecule has 2 aromatic carbocycles. The van der Waals surface area contributed by atoms with E-state index in [0.717, 1.165) is 16.8 Å². The molecule has 0 atom stereocenters. The molecule has 0 saturated heterocycles. The zero-order valence-electron chi connectivity index (χ0n) is 16.4. The van der Waals surface area contributed by atoms with Crippen molar-refractivity contribution in [1.82, 2.24) is 5.16 Å². The van der Waals surface area contributed by atoms with Crippen LogP contribution >= 0.6 is 0 Å². The average Bonchev–Trinajstić information content (AvgIpc) is 3.08. The van der Waals surface area contributed by atoms with Gasteiger partial charge < -0.3 is 18.7 Å². The number of methoxy groups -OCH3 is 1. The summed E-state index contributed by atoms with van der Waals surface area (Å²) in [5.41, 5.74) is 3.34. The van der Waals surface area contributed by atoms with Gasteiger partial charge in [-0.3, -0.25) is 0 Å². The van der Waals surface area contributed by atoms with E-state index in [4.69, 9.17) is 24.0 Å². The third kappa shape index (κ3) is 4.74. The zero-order valence-corrected chi connectivity index (χ0v) is 16.4. The highest BCUT2D eigenvalue weighted by atomic mass is 16.5. The monoisotopic (exact) mass is 392 g/mol. The van der Waals surface area contributed by atoms with E-state index in [2.05, 4.69) is 5.16 Å². The first-order valence-corrected chi connectivity index (χ1v) is 8.90. The molecule has 3 rings (SSSR count). The second-order valence-electron chi connectivity index (χ2n) is 6.34. The lowest BCUT2D eigenvalue weighted by Crippen LogP contribution is -2.06. The second-order valence-corrected chi connectivity index (χ2v) is 6.34. The van der Waals surface area contributed by atoms with Crippen LogP contribution in [0.15, 0.2) is 47.0 Å². The van der Waals surface area contributed by atoms with Gasteiger partial charge in [-0.25, -0.2) is 4.79 Å². The molecule has 7 heteroatoms. The molecule has 0 fully saturated rings. The average molecular weight is 392 g/mol. The van der Waals surface area contributed by atoms with Gasteiger partial charge in [0.2, 0.25) is 0 Å². The molecule has 0 N–H and O–H groups in total. The van der Waals surface area contributed by atoms with Gasteiger partial charge in [0.15, 0.2) is 11.5 Å². The Morgan fingerprint density at radius 3 is 2.48 bits per heavy atom. The SMILES string of the molecule is COc1cc(C(=O)OCc2ccc(C#N)cc2)ccc1OCc1c(C)noc1C. The van der Waals surface area contributed by atoms with Crippen LogP contribution in [0, 0.1) is 25.2 Å². The summed E-state index contributed by atoms with van der Waals surface area (Å²) in [6, 6.07) is 13.8. The summed E-state index contributed by atoms with van der Waals surface area (Å²) in [5.74, 6) is 1.13. The molecule has 29 heavy (non-hydrogen) atoms. The number of ether oxygens (including phenoxy) is 3. The van der Waals surface area contributed by atoms with Crippen molar-refractivity contribution in [1.29, 1.82) is 5.26 Å². The van der Waals surface area contributed by atoms with Crippen molar-refractivity contribution in [2.45, 2.75) is 27.1 Å². The number of carbonyl (C=O) groups excluding carboxylic acids is 1. The molecule has 1 aromatic heterocycles. The highest BCUT2D eigenvalue weighted by molar-refractivity contribution is 5.90. The molecule has 7 nitrogen and oxygen atoms in total. The van der Waals surface area contributed by atoms with Gasteiger partial charge in [0.25, 0.3) is 0 Å². The van der Waals surface area contributed by atoms with Crippen LogP contribution in [-0.4, -0.2) is 18.2 Å². The van der Waals surface area contributed by atoms with Gasteiger partial charge in [0.1, 0.15) is 19.0 Å². The Bertz CT molecular complexity index is 1030. The molecule has 0 unspecified atom stereocenters. The van der Waals surface area contributed by atoms with Crippen molar-refractivity contribution < 1.29 is 23.5 Å². The summed E-state index contributed by atoms with van der Waals surface area (Å²) in [6.07, 6.45) is 0. The maximum Gasteiger partial charge on any atom is 0.338 e. The lowest BCUT2D eigenvalue weighted by atomic mass is 10.1. The highest BCUT2D eigenvalue weighted by Crippen LogP contribution is 2.30. The smallest absolute Gasteiger partial charge is 0.338 e. The first-order valence-electron chi connectivity index (χ1n) is 8.90. The number of nitriles is 1. The number of aromatic nitrogens is 1. The minimum absolute atomic E-state index is 0.108. The number of rotatable bonds is 7. The van der Waals surface area contributed by atoms with Gasteiger partial charge in [-0.15, -0.1) is 0 Å². The fourth-order valence-electron chi connectivity index (χ4n) is 2.68. The van der Waals surface area contributed by atoms with Gasteiger partial charge in [-0.05, 0) is 49.7 Å². The summed E-state index contributed by atoms with van der Waals surface area (Å²) in [7, 11) is 1.50. The molecule has 3 aromatic rings. The Morgan fingerprint density at radius 2 is 1.86 bits per heavy atom. The van der Waals surface area contributed by atoms with Crippen LogP contribution in [0.4, 0.5) is 0 Å². The lowest BCUT2D eigenvalue weighted by molar-refractivity contribution is 0.0472. The lowest BCUT2D eigenvalue weighted by Gasteiger charge is -2.12. The number of hydrogen-bond acceptors (Lipinski definition) is 7. The predicted molar refractivity (Wildman–Crippen MR) is 104 cm³/mol. The molecule has 0 aliphatic heterocycles. The molecule has 1 heterocycles. The van der Waals surface area contributed by atoms with Crippen LogP contribution < -0.4 is 9.47 Å². The van der Waals surface area contributed by atoms with Crippen molar-refractivity contribution in [3.8, 4) is 17.6 Å². The van der Waals surface area contributed by atoms with E-state index in [0.29, 0.717) is 28.4 Å². The van der Waals surface area contributed by atoms with Crippen molar-refractivity contribution in [3.05, 3.63) is 76.2 Å². The molecule has 0 bridgehead atoms. The van der Waals surface area contributed by atoms with E-state index in [9.17, 15) is 4.79 Å². The predicted octanol–water partition coefficient (Wildman–Crippen LogP) is 4.11. The summed E-state index contributed by atoms with van der Waals surface area (Å²) in [5, 5.41) is 12.7. The van der Waals surface area contributed by atoms with Gasteiger partial charge in [0.05, 0.1) is 35.6 Å².